The fourth-order valence-electron chi connectivity index (χ4n) is 4.33. The summed E-state index contributed by atoms with van der Waals surface area (Å²) in [6.45, 7) is 10.8. The summed E-state index contributed by atoms with van der Waals surface area (Å²) >= 11 is 0. The van der Waals surface area contributed by atoms with E-state index in [1.807, 2.05) is 43.3 Å². The molecule has 152 valence electrons. The minimum absolute atomic E-state index is 0.145. The molecule has 2 atom stereocenters. The molecule has 3 heteroatoms. The van der Waals surface area contributed by atoms with Gasteiger partial charge in [-0.05, 0) is 44.2 Å². The van der Waals surface area contributed by atoms with Crippen LogP contribution in [0, 0.1) is 11.3 Å². The lowest BCUT2D eigenvalue weighted by atomic mass is 9.56. The Morgan fingerprint density at radius 1 is 1.00 bits per heavy atom. The number of carbonyl (C=O) groups excluding carboxylic acids is 1. The Kier molecular flexibility index (Phi) is 7.29. The van der Waals surface area contributed by atoms with E-state index in [2.05, 4.69) is 45.9 Å². The van der Waals surface area contributed by atoms with Crippen molar-refractivity contribution >= 4 is 5.97 Å². The van der Waals surface area contributed by atoms with Crippen molar-refractivity contribution in [2.24, 2.45) is 11.3 Å². The van der Waals surface area contributed by atoms with Crippen LogP contribution >= 0.6 is 0 Å². The van der Waals surface area contributed by atoms with E-state index in [1.54, 1.807) is 7.11 Å². The summed E-state index contributed by atoms with van der Waals surface area (Å²) in [7, 11) is 1.69. The highest BCUT2D eigenvalue weighted by atomic mass is 16.5. The SMILES string of the molecule is CCOC(=O)C(C)(CC(C)C)C(C)(Cc1ccccc1)c1ccccc1OC. The minimum atomic E-state index is -0.707. The van der Waals surface area contributed by atoms with Gasteiger partial charge in [-0.1, -0.05) is 69.3 Å². The number of hydrogen-bond donors (Lipinski definition) is 0. The lowest BCUT2D eigenvalue weighted by Crippen LogP contribution is -2.50. The Hall–Kier alpha value is -2.29. The number of rotatable bonds is 9. The summed E-state index contributed by atoms with van der Waals surface area (Å²) in [5, 5.41) is 0. The molecule has 2 aromatic rings. The van der Waals surface area contributed by atoms with Crippen LogP contribution in [0.4, 0.5) is 0 Å². The zero-order chi connectivity index (χ0) is 20.8. The van der Waals surface area contributed by atoms with E-state index in [4.69, 9.17) is 9.47 Å². The molecule has 0 N–H and O–H groups in total. The van der Waals surface area contributed by atoms with Crippen molar-refractivity contribution in [3.63, 3.8) is 0 Å². The third-order valence-electron chi connectivity index (χ3n) is 5.86. The molecule has 0 heterocycles. The van der Waals surface area contributed by atoms with Gasteiger partial charge in [0.15, 0.2) is 0 Å². The Bertz CT molecular complexity index is 768. The first-order valence-electron chi connectivity index (χ1n) is 10.1. The quantitative estimate of drug-likeness (QED) is 0.513. The largest absolute Gasteiger partial charge is 0.496 e. The van der Waals surface area contributed by atoms with E-state index in [0.29, 0.717) is 12.5 Å². The minimum Gasteiger partial charge on any atom is -0.496 e. The molecule has 0 aliphatic rings. The van der Waals surface area contributed by atoms with Crippen LogP contribution < -0.4 is 4.74 Å². The van der Waals surface area contributed by atoms with Gasteiger partial charge in [0.05, 0.1) is 19.1 Å². The van der Waals surface area contributed by atoms with Crippen LogP contribution in [0.15, 0.2) is 54.6 Å². The van der Waals surface area contributed by atoms with Gasteiger partial charge >= 0.3 is 5.97 Å². The lowest BCUT2D eigenvalue weighted by Gasteiger charge is -2.46. The second kappa shape index (κ2) is 9.27. The summed E-state index contributed by atoms with van der Waals surface area (Å²) in [6, 6.07) is 18.4. The molecule has 0 aliphatic heterocycles. The zero-order valence-electron chi connectivity index (χ0n) is 18.1. The summed E-state index contributed by atoms with van der Waals surface area (Å²) in [5.74, 6) is 1.01. The van der Waals surface area contributed by atoms with Crippen LogP contribution in [0.3, 0.4) is 0 Å². The predicted molar refractivity (Wildman–Crippen MR) is 115 cm³/mol. The maximum Gasteiger partial charge on any atom is 0.312 e. The highest BCUT2D eigenvalue weighted by Crippen LogP contribution is 2.51. The molecule has 0 saturated heterocycles. The first kappa shape index (κ1) is 22.0. The summed E-state index contributed by atoms with van der Waals surface area (Å²) in [6.07, 6.45) is 1.45. The number of benzene rings is 2. The highest BCUT2D eigenvalue weighted by molar-refractivity contribution is 5.79. The fourth-order valence-corrected chi connectivity index (χ4v) is 4.33. The van der Waals surface area contributed by atoms with Crippen LogP contribution in [0.2, 0.25) is 0 Å². The normalized spacial score (nSPS) is 15.5. The number of carbonyl (C=O) groups is 1. The Morgan fingerprint density at radius 3 is 2.18 bits per heavy atom. The van der Waals surface area contributed by atoms with E-state index >= 15 is 0 Å². The standard InChI is InChI=1S/C25H34O3/c1-7-28-23(26)25(5,17-19(2)3)24(4,18-20-13-9-8-10-14-20)21-15-11-12-16-22(21)27-6/h8-16,19H,7,17-18H2,1-6H3. The molecule has 2 unspecified atom stereocenters. The number of methoxy groups -OCH3 is 1. The number of esters is 1. The number of para-hydroxylation sites is 1. The molecule has 0 bridgehead atoms. The molecule has 2 aromatic carbocycles. The van der Waals surface area contributed by atoms with Crippen LogP contribution in [-0.4, -0.2) is 19.7 Å². The summed E-state index contributed by atoms with van der Waals surface area (Å²) in [5.41, 5.74) is 1.02. The molecule has 0 radical (unpaired) electrons. The van der Waals surface area contributed by atoms with E-state index in [0.717, 1.165) is 24.2 Å². The maximum absolute atomic E-state index is 13.3. The average Bonchev–Trinajstić information content (AvgIpc) is 2.68. The molecule has 3 nitrogen and oxygen atoms in total. The highest BCUT2D eigenvalue weighted by Gasteiger charge is 2.53. The van der Waals surface area contributed by atoms with Crippen molar-refractivity contribution in [1.82, 2.24) is 0 Å². The third-order valence-corrected chi connectivity index (χ3v) is 5.86. The van der Waals surface area contributed by atoms with Gasteiger partial charge in [0.25, 0.3) is 0 Å². The van der Waals surface area contributed by atoms with Crippen molar-refractivity contribution in [1.29, 1.82) is 0 Å². The molecular formula is C25H34O3. The van der Waals surface area contributed by atoms with Crippen LogP contribution in [-0.2, 0) is 21.4 Å². The Balaban J connectivity index is 2.71. The van der Waals surface area contributed by atoms with Crippen LogP contribution in [0.25, 0.3) is 0 Å². The molecular weight excluding hydrogens is 348 g/mol. The van der Waals surface area contributed by atoms with Crippen molar-refractivity contribution in [3.05, 3.63) is 65.7 Å². The van der Waals surface area contributed by atoms with Crippen molar-refractivity contribution in [3.8, 4) is 5.75 Å². The van der Waals surface area contributed by atoms with E-state index in [9.17, 15) is 4.79 Å². The Labute approximate surface area is 170 Å². The third kappa shape index (κ3) is 4.40. The van der Waals surface area contributed by atoms with Crippen molar-refractivity contribution in [2.45, 2.75) is 52.9 Å². The maximum atomic E-state index is 13.3. The smallest absolute Gasteiger partial charge is 0.312 e. The van der Waals surface area contributed by atoms with E-state index < -0.39 is 10.8 Å². The topological polar surface area (TPSA) is 35.5 Å². The van der Waals surface area contributed by atoms with Gasteiger partial charge in [-0.15, -0.1) is 0 Å². The second-order valence-electron chi connectivity index (χ2n) is 8.35. The van der Waals surface area contributed by atoms with E-state index in [-0.39, 0.29) is 5.97 Å². The summed E-state index contributed by atoms with van der Waals surface area (Å²) in [4.78, 5) is 13.3. The molecule has 0 spiro atoms. The van der Waals surface area contributed by atoms with Gasteiger partial charge in [-0.2, -0.15) is 0 Å². The molecule has 0 aliphatic carbocycles. The number of hydrogen-bond acceptors (Lipinski definition) is 3. The second-order valence-corrected chi connectivity index (χ2v) is 8.35. The molecule has 0 fully saturated rings. The average molecular weight is 383 g/mol. The monoisotopic (exact) mass is 382 g/mol. The van der Waals surface area contributed by atoms with Crippen molar-refractivity contribution < 1.29 is 14.3 Å². The van der Waals surface area contributed by atoms with Crippen LogP contribution in [0.1, 0.15) is 52.2 Å². The van der Waals surface area contributed by atoms with Gasteiger partial charge < -0.3 is 9.47 Å². The van der Waals surface area contributed by atoms with Gasteiger partial charge in [-0.25, -0.2) is 0 Å². The number of ether oxygens (including phenoxy) is 2. The van der Waals surface area contributed by atoms with Crippen molar-refractivity contribution in [2.75, 3.05) is 13.7 Å². The van der Waals surface area contributed by atoms with Gasteiger partial charge in [-0.3, -0.25) is 4.79 Å². The predicted octanol–water partition coefficient (Wildman–Crippen LogP) is 5.81. The Morgan fingerprint density at radius 2 is 1.61 bits per heavy atom. The van der Waals surface area contributed by atoms with Gasteiger partial charge in [0.1, 0.15) is 5.75 Å². The van der Waals surface area contributed by atoms with Crippen LogP contribution in [0.5, 0.6) is 5.75 Å². The van der Waals surface area contributed by atoms with E-state index in [1.165, 1.54) is 5.56 Å². The first-order valence-corrected chi connectivity index (χ1v) is 10.1. The van der Waals surface area contributed by atoms with Gasteiger partial charge in [0, 0.05) is 11.0 Å². The fraction of sp³-hybridized carbons (Fsp3) is 0.480. The molecule has 0 saturated carbocycles. The molecule has 2 rings (SSSR count). The molecule has 28 heavy (non-hydrogen) atoms. The first-order chi connectivity index (χ1) is 13.3. The van der Waals surface area contributed by atoms with Gasteiger partial charge in [0.2, 0.25) is 0 Å². The zero-order valence-corrected chi connectivity index (χ0v) is 18.1. The lowest BCUT2D eigenvalue weighted by molar-refractivity contribution is -0.160. The summed E-state index contributed by atoms with van der Waals surface area (Å²) < 4.78 is 11.3. The molecule has 0 amide bonds. The molecule has 0 aromatic heterocycles.